The summed E-state index contributed by atoms with van der Waals surface area (Å²) in [5, 5.41) is 7.49. The van der Waals surface area contributed by atoms with Crippen LogP contribution in [0.15, 0.2) is 6.33 Å². The molecule has 1 aromatic rings. The zero-order chi connectivity index (χ0) is 12.8. The van der Waals surface area contributed by atoms with Crippen LogP contribution >= 0.6 is 0 Å². The van der Waals surface area contributed by atoms with E-state index in [1.54, 1.807) is 6.33 Å². The molecule has 1 fully saturated rings. The van der Waals surface area contributed by atoms with Crippen molar-refractivity contribution in [3.63, 3.8) is 0 Å². The summed E-state index contributed by atoms with van der Waals surface area (Å²) in [6, 6.07) is 0. The summed E-state index contributed by atoms with van der Waals surface area (Å²) in [6.07, 6.45) is 3.02. The van der Waals surface area contributed by atoms with Crippen molar-refractivity contribution >= 4 is 0 Å². The second-order valence-corrected chi connectivity index (χ2v) is 4.64. The number of rotatable bonds is 6. The van der Waals surface area contributed by atoms with E-state index in [0.29, 0.717) is 13.2 Å². The second-order valence-electron chi connectivity index (χ2n) is 4.64. The van der Waals surface area contributed by atoms with Crippen LogP contribution in [0.4, 0.5) is 0 Å². The standard InChI is InChI=1S/C12H22N4O2/c1-3-4-16-12(14-9-15-16)8-17-7-11-6-13-5-10(2)18-11/h9-11,13H,3-8H2,1-2H3. The van der Waals surface area contributed by atoms with Gasteiger partial charge in [0, 0.05) is 19.6 Å². The summed E-state index contributed by atoms with van der Waals surface area (Å²) in [6.45, 7) is 7.93. The quantitative estimate of drug-likeness (QED) is 0.804. The monoisotopic (exact) mass is 254 g/mol. The van der Waals surface area contributed by atoms with Gasteiger partial charge in [-0.1, -0.05) is 6.92 Å². The molecule has 2 atom stereocenters. The Morgan fingerprint density at radius 3 is 3.22 bits per heavy atom. The van der Waals surface area contributed by atoms with E-state index in [2.05, 4.69) is 29.2 Å². The van der Waals surface area contributed by atoms with Gasteiger partial charge in [-0.25, -0.2) is 9.67 Å². The van der Waals surface area contributed by atoms with Gasteiger partial charge in [0.15, 0.2) is 5.82 Å². The lowest BCUT2D eigenvalue weighted by Gasteiger charge is -2.28. The lowest BCUT2D eigenvalue weighted by atomic mass is 10.2. The number of nitrogens with zero attached hydrogens (tertiary/aromatic N) is 3. The molecule has 0 saturated carbocycles. The van der Waals surface area contributed by atoms with Gasteiger partial charge < -0.3 is 14.8 Å². The molecule has 1 aliphatic rings. The molecular formula is C12H22N4O2. The fraction of sp³-hybridized carbons (Fsp3) is 0.833. The van der Waals surface area contributed by atoms with Crippen LogP contribution < -0.4 is 5.32 Å². The molecule has 0 radical (unpaired) electrons. The maximum Gasteiger partial charge on any atom is 0.152 e. The third kappa shape index (κ3) is 3.76. The maximum absolute atomic E-state index is 5.75. The van der Waals surface area contributed by atoms with E-state index in [1.165, 1.54) is 0 Å². The van der Waals surface area contributed by atoms with Gasteiger partial charge in [-0.3, -0.25) is 0 Å². The SMILES string of the molecule is CCCn1ncnc1COCC1CNCC(C)O1. The number of nitrogens with one attached hydrogen (secondary N) is 1. The average Bonchev–Trinajstić information content (AvgIpc) is 2.78. The first-order valence-electron chi connectivity index (χ1n) is 6.60. The molecule has 0 spiro atoms. The maximum atomic E-state index is 5.75. The lowest BCUT2D eigenvalue weighted by Crippen LogP contribution is -2.45. The molecule has 0 aromatic carbocycles. The van der Waals surface area contributed by atoms with E-state index < -0.39 is 0 Å². The number of aromatic nitrogens is 3. The van der Waals surface area contributed by atoms with Gasteiger partial charge >= 0.3 is 0 Å². The molecule has 0 bridgehead atoms. The third-order valence-electron chi connectivity index (χ3n) is 2.89. The Hall–Kier alpha value is -0.980. The Morgan fingerprint density at radius 2 is 2.44 bits per heavy atom. The minimum atomic E-state index is 0.135. The first kappa shape index (κ1) is 13.5. The molecule has 0 amide bonds. The Kier molecular flexibility index (Phi) is 5.10. The van der Waals surface area contributed by atoms with Crippen molar-refractivity contribution in [3.05, 3.63) is 12.2 Å². The van der Waals surface area contributed by atoms with E-state index in [4.69, 9.17) is 9.47 Å². The van der Waals surface area contributed by atoms with Gasteiger partial charge in [-0.05, 0) is 13.3 Å². The van der Waals surface area contributed by atoms with E-state index in [-0.39, 0.29) is 12.2 Å². The van der Waals surface area contributed by atoms with Gasteiger partial charge in [0.05, 0.1) is 18.8 Å². The van der Waals surface area contributed by atoms with Crippen LogP contribution in [0.25, 0.3) is 0 Å². The Morgan fingerprint density at radius 1 is 1.56 bits per heavy atom. The predicted octanol–water partition coefficient (Wildman–Crippen LogP) is 0.582. The molecule has 1 N–H and O–H groups in total. The zero-order valence-corrected chi connectivity index (χ0v) is 11.1. The topological polar surface area (TPSA) is 61.2 Å². The van der Waals surface area contributed by atoms with Gasteiger partial charge in [0.1, 0.15) is 12.9 Å². The molecular weight excluding hydrogens is 232 g/mol. The number of ether oxygens (including phenoxy) is 2. The number of morpholine rings is 1. The highest BCUT2D eigenvalue weighted by Gasteiger charge is 2.18. The van der Waals surface area contributed by atoms with Crippen LogP contribution in [-0.2, 0) is 22.6 Å². The van der Waals surface area contributed by atoms with Gasteiger partial charge in [-0.2, -0.15) is 5.10 Å². The van der Waals surface area contributed by atoms with E-state index in [0.717, 1.165) is 31.9 Å². The van der Waals surface area contributed by atoms with Crippen molar-refractivity contribution in [2.75, 3.05) is 19.7 Å². The molecule has 0 aliphatic carbocycles. The van der Waals surface area contributed by atoms with E-state index in [1.807, 2.05) is 4.68 Å². The average molecular weight is 254 g/mol. The summed E-state index contributed by atoms with van der Waals surface area (Å²) in [7, 11) is 0. The molecule has 2 rings (SSSR count). The molecule has 1 aliphatic heterocycles. The third-order valence-corrected chi connectivity index (χ3v) is 2.89. The predicted molar refractivity (Wildman–Crippen MR) is 67.2 cm³/mol. The largest absolute Gasteiger partial charge is 0.371 e. The highest BCUT2D eigenvalue weighted by atomic mass is 16.5. The van der Waals surface area contributed by atoms with Crippen molar-refractivity contribution in [2.45, 2.75) is 45.6 Å². The van der Waals surface area contributed by atoms with Crippen LogP contribution in [0.3, 0.4) is 0 Å². The van der Waals surface area contributed by atoms with Gasteiger partial charge in [-0.15, -0.1) is 0 Å². The molecule has 1 aromatic heterocycles. The highest BCUT2D eigenvalue weighted by molar-refractivity contribution is 4.81. The Balaban J connectivity index is 1.72. The van der Waals surface area contributed by atoms with Crippen molar-refractivity contribution in [2.24, 2.45) is 0 Å². The first-order chi connectivity index (χ1) is 8.79. The van der Waals surface area contributed by atoms with Crippen LogP contribution in [0.1, 0.15) is 26.1 Å². The summed E-state index contributed by atoms with van der Waals surface area (Å²) in [5.41, 5.74) is 0. The molecule has 1 saturated heterocycles. The summed E-state index contributed by atoms with van der Waals surface area (Å²) >= 11 is 0. The van der Waals surface area contributed by atoms with Crippen molar-refractivity contribution in [1.29, 1.82) is 0 Å². The summed E-state index contributed by atoms with van der Waals surface area (Å²) < 4.78 is 13.3. The fourth-order valence-corrected chi connectivity index (χ4v) is 2.05. The molecule has 6 heteroatoms. The molecule has 2 heterocycles. The van der Waals surface area contributed by atoms with Crippen LogP contribution in [0.5, 0.6) is 0 Å². The smallest absolute Gasteiger partial charge is 0.152 e. The second kappa shape index (κ2) is 6.82. The zero-order valence-electron chi connectivity index (χ0n) is 11.1. The minimum absolute atomic E-state index is 0.135. The van der Waals surface area contributed by atoms with Gasteiger partial charge in [0.25, 0.3) is 0 Å². The minimum Gasteiger partial charge on any atom is -0.371 e. The Bertz CT molecular complexity index is 356. The normalized spacial score (nSPS) is 24.3. The molecule has 102 valence electrons. The van der Waals surface area contributed by atoms with Crippen LogP contribution in [-0.4, -0.2) is 46.7 Å². The highest BCUT2D eigenvalue weighted by Crippen LogP contribution is 2.05. The van der Waals surface area contributed by atoms with E-state index >= 15 is 0 Å². The lowest BCUT2D eigenvalue weighted by molar-refractivity contribution is -0.0727. The van der Waals surface area contributed by atoms with Crippen molar-refractivity contribution in [3.8, 4) is 0 Å². The van der Waals surface area contributed by atoms with E-state index in [9.17, 15) is 0 Å². The molecule has 2 unspecified atom stereocenters. The fourth-order valence-electron chi connectivity index (χ4n) is 2.05. The van der Waals surface area contributed by atoms with Gasteiger partial charge in [0.2, 0.25) is 0 Å². The number of hydrogen-bond donors (Lipinski definition) is 1. The number of hydrogen-bond acceptors (Lipinski definition) is 5. The summed E-state index contributed by atoms with van der Waals surface area (Å²) in [4.78, 5) is 4.20. The van der Waals surface area contributed by atoms with Crippen molar-refractivity contribution < 1.29 is 9.47 Å². The van der Waals surface area contributed by atoms with Crippen LogP contribution in [0.2, 0.25) is 0 Å². The first-order valence-corrected chi connectivity index (χ1v) is 6.60. The molecule has 6 nitrogen and oxygen atoms in total. The molecule has 18 heavy (non-hydrogen) atoms. The Labute approximate surface area is 108 Å². The summed E-state index contributed by atoms with van der Waals surface area (Å²) in [5.74, 6) is 0.883. The number of aryl methyl sites for hydroxylation is 1. The van der Waals surface area contributed by atoms with Crippen molar-refractivity contribution in [1.82, 2.24) is 20.1 Å². The van der Waals surface area contributed by atoms with Crippen LogP contribution in [0, 0.1) is 0 Å².